The monoisotopic (exact) mass is 574 g/mol. The molecule has 0 N–H and O–H groups in total. The summed E-state index contributed by atoms with van der Waals surface area (Å²) in [4.78, 5) is 11.1. The van der Waals surface area contributed by atoms with Crippen LogP contribution in [0.15, 0.2) is 71.6 Å². The van der Waals surface area contributed by atoms with E-state index in [9.17, 15) is 31.1 Å². The number of alkyl halides is 6. The Bertz CT molecular complexity index is 1140. The molecule has 0 unspecified atom stereocenters. The van der Waals surface area contributed by atoms with Crippen LogP contribution in [0.3, 0.4) is 0 Å². The van der Waals surface area contributed by atoms with Crippen molar-refractivity contribution in [2.45, 2.75) is 24.2 Å². The summed E-state index contributed by atoms with van der Waals surface area (Å²) in [5.41, 5.74) is -0.797. The first-order valence-corrected chi connectivity index (χ1v) is 12.5. The van der Waals surface area contributed by atoms with E-state index < -0.39 is 23.5 Å². The van der Waals surface area contributed by atoms with E-state index in [0.29, 0.717) is 11.5 Å². The topological polar surface area (TPSA) is 54.0 Å². The Balaban J connectivity index is 1.65. The van der Waals surface area contributed by atoms with Crippen LogP contribution in [0.25, 0.3) is 0 Å². The number of ether oxygens (including phenoxy) is 4. The molecule has 3 aromatic carbocycles. The molecule has 0 bridgehead atoms. The van der Waals surface area contributed by atoms with E-state index in [1.165, 1.54) is 36.0 Å². The van der Waals surface area contributed by atoms with Crippen LogP contribution >= 0.6 is 11.8 Å². The fraction of sp³-hybridized carbons (Fsp3) is 0.296. The predicted octanol–water partition coefficient (Wildman–Crippen LogP) is 7.41. The van der Waals surface area contributed by atoms with Gasteiger partial charge in [-0.25, -0.2) is 0 Å². The van der Waals surface area contributed by atoms with Crippen LogP contribution in [0.2, 0.25) is 0 Å². The minimum absolute atomic E-state index is 0.0855. The first-order valence-electron chi connectivity index (χ1n) is 11.5. The normalized spacial score (nSPS) is 11.8. The zero-order valence-corrected chi connectivity index (χ0v) is 21.4. The minimum Gasteiger partial charge on any atom is -0.493 e. The molecular weight excluding hydrogens is 550 g/mol. The number of benzene rings is 3. The summed E-state index contributed by atoms with van der Waals surface area (Å²) in [7, 11) is 0. The van der Waals surface area contributed by atoms with E-state index in [-0.39, 0.29) is 43.9 Å². The van der Waals surface area contributed by atoms with E-state index in [4.69, 9.17) is 14.2 Å². The van der Waals surface area contributed by atoms with Crippen molar-refractivity contribution in [3.63, 3.8) is 0 Å². The van der Waals surface area contributed by atoms with Gasteiger partial charge >= 0.3 is 12.4 Å². The second-order valence-corrected chi connectivity index (χ2v) is 9.39. The van der Waals surface area contributed by atoms with Crippen LogP contribution in [0, 0.1) is 12.8 Å². The Morgan fingerprint density at radius 1 is 0.769 bits per heavy atom. The maximum absolute atomic E-state index is 12.8. The van der Waals surface area contributed by atoms with Gasteiger partial charge in [0, 0.05) is 16.6 Å². The number of hydrogen-bond donors (Lipinski definition) is 0. The van der Waals surface area contributed by atoms with Crippen molar-refractivity contribution in [2.24, 2.45) is 5.92 Å². The zero-order chi connectivity index (χ0) is 28.5. The average Bonchev–Trinajstić information content (AvgIpc) is 2.89. The number of aryl methyl sites for hydroxylation is 1. The number of carbonyl (C=O) groups excluding carboxylic acids is 1. The van der Waals surface area contributed by atoms with Gasteiger partial charge in [0.05, 0.1) is 24.3 Å². The van der Waals surface area contributed by atoms with E-state index >= 15 is 0 Å². The lowest BCUT2D eigenvalue weighted by molar-refractivity contribution is -0.138. The summed E-state index contributed by atoms with van der Waals surface area (Å²) >= 11 is 1.46. The van der Waals surface area contributed by atoms with Crippen LogP contribution in [0.5, 0.6) is 17.2 Å². The molecule has 12 heteroatoms. The highest BCUT2D eigenvalue weighted by molar-refractivity contribution is 7.99. The third kappa shape index (κ3) is 9.61. The molecular formula is C27H24F6O5S. The largest absolute Gasteiger partial charge is 0.493 e. The third-order valence-corrected chi connectivity index (χ3v) is 6.54. The SMILES string of the molecule is Cc1cc(SCC(COc2ccc(C(F)(F)F)cc2)COc2ccc(C(F)(F)F)cc2)ccc1OCOC=O. The molecule has 0 saturated heterocycles. The van der Waals surface area contributed by atoms with Crippen LogP contribution in [0.4, 0.5) is 26.3 Å². The van der Waals surface area contributed by atoms with Gasteiger partial charge in [0.15, 0.2) is 0 Å². The zero-order valence-electron chi connectivity index (χ0n) is 20.6. The van der Waals surface area contributed by atoms with Gasteiger partial charge in [-0.15, -0.1) is 11.8 Å². The average molecular weight is 575 g/mol. The lowest BCUT2D eigenvalue weighted by Gasteiger charge is -2.19. The number of thioether (sulfide) groups is 1. The minimum atomic E-state index is -4.46. The maximum atomic E-state index is 12.8. The lowest BCUT2D eigenvalue weighted by atomic mass is 10.2. The molecule has 0 atom stereocenters. The van der Waals surface area contributed by atoms with Gasteiger partial charge < -0.3 is 18.9 Å². The summed E-state index contributed by atoms with van der Waals surface area (Å²) in [5.74, 6) is 1.20. The highest BCUT2D eigenvalue weighted by atomic mass is 32.2. The molecule has 0 spiro atoms. The Labute approximate surface area is 225 Å². The van der Waals surface area contributed by atoms with E-state index in [1.807, 2.05) is 13.0 Å². The first-order chi connectivity index (χ1) is 18.5. The second-order valence-electron chi connectivity index (χ2n) is 8.30. The highest BCUT2D eigenvalue weighted by Crippen LogP contribution is 2.32. The lowest BCUT2D eigenvalue weighted by Crippen LogP contribution is -2.22. The van der Waals surface area contributed by atoms with Gasteiger partial charge in [-0.3, -0.25) is 4.79 Å². The molecule has 3 aromatic rings. The molecule has 0 aliphatic rings. The quantitative estimate of drug-likeness (QED) is 0.0697. The molecule has 0 aliphatic carbocycles. The van der Waals surface area contributed by atoms with Crippen LogP contribution in [-0.4, -0.2) is 32.2 Å². The smallest absolute Gasteiger partial charge is 0.416 e. The van der Waals surface area contributed by atoms with Crippen LogP contribution in [-0.2, 0) is 21.9 Å². The van der Waals surface area contributed by atoms with Crippen molar-refractivity contribution in [3.05, 3.63) is 83.4 Å². The summed E-state index contributed by atoms with van der Waals surface area (Å²) in [6, 6.07) is 14.0. The van der Waals surface area contributed by atoms with Gasteiger partial charge in [0.25, 0.3) is 6.47 Å². The Morgan fingerprint density at radius 3 is 1.72 bits per heavy atom. The third-order valence-electron chi connectivity index (χ3n) is 5.32. The highest BCUT2D eigenvalue weighted by Gasteiger charge is 2.31. The van der Waals surface area contributed by atoms with E-state index in [1.54, 1.807) is 12.1 Å². The molecule has 0 aromatic heterocycles. The van der Waals surface area contributed by atoms with E-state index in [2.05, 4.69) is 4.74 Å². The molecule has 0 radical (unpaired) electrons. The van der Waals surface area contributed by atoms with Crippen molar-refractivity contribution in [1.29, 1.82) is 0 Å². The molecule has 0 amide bonds. The number of hydrogen-bond acceptors (Lipinski definition) is 6. The molecule has 39 heavy (non-hydrogen) atoms. The first kappa shape index (κ1) is 30.0. The van der Waals surface area contributed by atoms with Crippen molar-refractivity contribution < 1.29 is 50.1 Å². The fourth-order valence-electron chi connectivity index (χ4n) is 3.27. The molecule has 210 valence electrons. The van der Waals surface area contributed by atoms with Crippen molar-refractivity contribution >= 4 is 18.2 Å². The van der Waals surface area contributed by atoms with Crippen molar-refractivity contribution in [3.8, 4) is 17.2 Å². The molecule has 0 saturated carbocycles. The van der Waals surface area contributed by atoms with Gasteiger partial charge in [-0.2, -0.15) is 26.3 Å². The Hall–Kier alpha value is -3.54. The fourth-order valence-corrected chi connectivity index (χ4v) is 4.31. The molecule has 0 fully saturated rings. The summed E-state index contributed by atoms with van der Waals surface area (Å²) in [6.45, 7) is 2.05. The van der Waals surface area contributed by atoms with Gasteiger partial charge in [0.2, 0.25) is 6.79 Å². The Morgan fingerprint density at radius 2 is 1.28 bits per heavy atom. The number of carbonyl (C=O) groups is 1. The van der Waals surface area contributed by atoms with Gasteiger partial charge in [-0.05, 0) is 79.2 Å². The maximum Gasteiger partial charge on any atom is 0.416 e. The van der Waals surface area contributed by atoms with Crippen LogP contribution < -0.4 is 14.2 Å². The van der Waals surface area contributed by atoms with Crippen molar-refractivity contribution in [2.75, 3.05) is 25.8 Å². The predicted molar refractivity (Wildman–Crippen MR) is 132 cm³/mol. The second kappa shape index (κ2) is 13.5. The van der Waals surface area contributed by atoms with E-state index in [0.717, 1.165) is 34.7 Å². The molecule has 0 aliphatic heterocycles. The standard InChI is InChI=1S/C27H24F6O5S/c1-18-12-24(10-11-25(18)38-17-35-16-34)39-15-19(13-36-22-6-2-20(3-7-22)26(28,29)30)14-37-23-8-4-21(5-9-23)27(31,32)33/h2-12,16,19H,13-15,17H2,1H3. The molecule has 0 heterocycles. The molecule has 5 nitrogen and oxygen atoms in total. The molecule has 3 rings (SSSR count). The summed E-state index contributed by atoms with van der Waals surface area (Å²) in [6.07, 6.45) is -8.93. The van der Waals surface area contributed by atoms with Gasteiger partial charge in [-0.1, -0.05) is 0 Å². The van der Waals surface area contributed by atoms with Crippen LogP contribution in [0.1, 0.15) is 16.7 Å². The number of rotatable bonds is 13. The Kier molecular flexibility index (Phi) is 10.4. The van der Waals surface area contributed by atoms with Crippen molar-refractivity contribution in [1.82, 2.24) is 0 Å². The summed E-state index contributed by atoms with van der Waals surface area (Å²) < 4.78 is 98.2. The van der Waals surface area contributed by atoms with Gasteiger partial charge in [0.1, 0.15) is 17.2 Å². The number of halogens is 6. The summed E-state index contributed by atoms with van der Waals surface area (Å²) in [5, 5.41) is 0.